The number of benzene rings is 1. The van der Waals surface area contributed by atoms with Gasteiger partial charge in [0.05, 0.1) is 12.2 Å². The van der Waals surface area contributed by atoms with Crippen LogP contribution in [0.3, 0.4) is 0 Å². The van der Waals surface area contributed by atoms with E-state index in [4.69, 9.17) is 5.11 Å². The molecule has 0 aliphatic heterocycles. The van der Waals surface area contributed by atoms with Crippen molar-refractivity contribution in [3.8, 4) is 0 Å². The van der Waals surface area contributed by atoms with Crippen molar-refractivity contribution in [3.63, 3.8) is 0 Å². The van der Waals surface area contributed by atoms with Crippen LogP contribution < -0.4 is 0 Å². The molecule has 1 heterocycles. The van der Waals surface area contributed by atoms with Crippen molar-refractivity contribution in [2.75, 3.05) is 0 Å². The van der Waals surface area contributed by atoms with Crippen LogP contribution in [0.5, 0.6) is 0 Å². The Balaban J connectivity index is 2.29. The molecule has 0 amide bonds. The fraction of sp³-hybridized carbons (Fsp3) is 0.167. The second kappa shape index (κ2) is 4.89. The molecule has 0 saturated heterocycles. The summed E-state index contributed by atoms with van der Waals surface area (Å²) < 4.78 is 15.7. The lowest BCUT2D eigenvalue weighted by Crippen LogP contribution is -2.02. The van der Waals surface area contributed by atoms with Gasteiger partial charge in [-0.2, -0.15) is 5.10 Å². The van der Waals surface area contributed by atoms with Gasteiger partial charge in [0.1, 0.15) is 11.4 Å². The first-order valence-corrected chi connectivity index (χ1v) is 5.98. The minimum absolute atomic E-state index is 0.132. The maximum absolute atomic E-state index is 13.6. The lowest BCUT2D eigenvalue weighted by molar-refractivity contribution is 0.0696. The smallest absolute Gasteiger partial charge is 0.339 e. The van der Waals surface area contributed by atoms with Gasteiger partial charge in [-0.25, -0.2) is 9.18 Å². The average Bonchev–Trinajstić information content (AvgIpc) is 2.64. The molecule has 6 heteroatoms. The third-order valence-electron chi connectivity index (χ3n) is 2.52. The number of carboxylic acid groups (broad SMARTS) is 1. The van der Waals surface area contributed by atoms with Crippen LogP contribution in [0.25, 0.3) is 0 Å². The molecular formula is C12H10BrFN2O2. The van der Waals surface area contributed by atoms with E-state index in [1.807, 2.05) is 0 Å². The maximum Gasteiger partial charge on any atom is 0.339 e. The third-order valence-corrected chi connectivity index (χ3v) is 3.02. The Bertz CT molecular complexity index is 610. The Morgan fingerprint density at radius 3 is 2.83 bits per heavy atom. The molecule has 0 saturated carbocycles. The van der Waals surface area contributed by atoms with E-state index in [-0.39, 0.29) is 17.9 Å². The van der Waals surface area contributed by atoms with E-state index in [1.54, 1.807) is 19.1 Å². The number of aromatic nitrogens is 2. The quantitative estimate of drug-likeness (QED) is 0.948. The highest BCUT2D eigenvalue weighted by Gasteiger charge is 2.12. The van der Waals surface area contributed by atoms with Crippen LogP contribution >= 0.6 is 15.9 Å². The first-order chi connectivity index (χ1) is 8.47. The summed E-state index contributed by atoms with van der Waals surface area (Å²) in [6.07, 6.45) is 1.40. The SMILES string of the molecule is Cc1nn(Cc2ccc(Br)cc2F)cc1C(=O)O. The van der Waals surface area contributed by atoms with Crippen molar-refractivity contribution in [2.24, 2.45) is 0 Å². The van der Waals surface area contributed by atoms with Gasteiger partial charge < -0.3 is 5.11 Å². The van der Waals surface area contributed by atoms with Crippen LogP contribution in [0.15, 0.2) is 28.9 Å². The fourth-order valence-corrected chi connectivity index (χ4v) is 1.97. The highest BCUT2D eigenvalue weighted by atomic mass is 79.9. The van der Waals surface area contributed by atoms with Gasteiger partial charge in [0.15, 0.2) is 0 Å². The summed E-state index contributed by atoms with van der Waals surface area (Å²) in [5, 5.41) is 13.0. The number of hydrogen-bond donors (Lipinski definition) is 1. The fourth-order valence-electron chi connectivity index (χ4n) is 1.63. The molecule has 1 N–H and O–H groups in total. The normalized spacial score (nSPS) is 10.6. The summed E-state index contributed by atoms with van der Waals surface area (Å²) in [4.78, 5) is 10.9. The van der Waals surface area contributed by atoms with Crippen molar-refractivity contribution in [3.05, 3.63) is 51.5 Å². The van der Waals surface area contributed by atoms with Gasteiger partial charge in [-0.1, -0.05) is 22.0 Å². The van der Waals surface area contributed by atoms with Gasteiger partial charge in [0, 0.05) is 16.2 Å². The molecule has 0 radical (unpaired) electrons. The topological polar surface area (TPSA) is 55.1 Å². The highest BCUT2D eigenvalue weighted by molar-refractivity contribution is 9.10. The summed E-state index contributed by atoms with van der Waals surface area (Å²) in [5.74, 6) is -1.38. The van der Waals surface area contributed by atoms with Gasteiger partial charge in [0.2, 0.25) is 0 Å². The molecule has 0 bridgehead atoms. The van der Waals surface area contributed by atoms with Crippen LogP contribution in [0.1, 0.15) is 21.6 Å². The molecule has 0 aliphatic rings. The molecule has 2 aromatic rings. The second-order valence-electron chi connectivity index (χ2n) is 3.87. The first kappa shape index (κ1) is 12.8. The lowest BCUT2D eigenvalue weighted by Gasteiger charge is -2.03. The molecule has 18 heavy (non-hydrogen) atoms. The van der Waals surface area contributed by atoms with Gasteiger partial charge in [-0.05, 0) is 19.1 Å². The summed E-state index contributed by atoms with van der Waals surface area (Å²) >= 11 is 3.18. The van der Waals surface area contributed by atoms with Gasteiger partial charge in [-0.3, -0.25) is 4.68 Å². The lowest BCUT2D eigenvalue weighted by atomic mass is 10.2. The van der Waals surface area contributed by atoms with E-state index < -0.39 is 5.97 Å². The Labute approximate surface area is 111 Å². The van der Waals surface area contributed by atoms with E-state index in [9.17, 15) is 9.18 Å². The van der Waals surface area contributed by atoms with E-state index in [2.05, 4.69) is 21.0 Å². The van der Waals surface area contributed by atoms with E-state index in [1.165, 1.54) is 16.9 Å². The summed E-state index contributed by atoms with van der Waals surface area (Å²) in [6.45, 7) is 1.81. The van der Waals surface area contributed by atoms with Crippen LogP contribution in [0.4, 0.5) is 4.39 Å². The highest BCUT2D eigenvalue weighted by Crippen LogP contribution is 2.16. The molecule has 1 aromatic carbocycles. The standard InChI is InChI=1S/C12H10BrFN2O2/c1-7-10(12(17)18)6-16(15-7)5-8-2-3-9(13)4-11(8)14/h2-4,6H,5H2,1H3,(H,17,18). The molecule has 1 aromatic heterocycles. The molecule has 0 fully saturated rings. The molecule has 4 nitrogen and oxygen atoms in total. The molecule has 94 valence electrons. The number of aryl methyl sites for hydroxylation is 1. The number of carbonyl (C=O) groups is 1. The number of aromatic carboxylic acids is 1. The van der Waals surface area contributed by atoms with Crippen LogP contribution in [0, 0.1) is 12.7 Å². The summed E-state index contributed by atoms with van der Waals surface area (Å²) in [7, 11) is 0. The van der Waals surface area contributed by atoms with E-state index in [0.29, 0.717) is 15.7 Å². The number of halogens is 2. The zero-order chi connectivity index (χ0) is 13.3. The summed E-state index contributed by atoms with van der Waals surface area (Å²) in [6, 6.07) is 4.73. The number of rotatable bonds is 3. The second-order valence-corrected chi connectivity index (χ2v) is 4.78. The number of carboxylic acids is 1. The zero-order valence-electron chi connectivity index (χ0n) is 9.52. The minimum Gasteiger partial charge on any atom is -0.478 e. The molecule has 0 unspecified atom stereocenters. The third kappa shape index (κ3) is 2.59. The molecule has 0 atom stereocenters. The van der Waals surface area contributed by atoms with Crippen molar-refractivity contribution in [1.82, 2.24) is 9.78 Å². The minimum atomic E-state index is -1.03. The van der Waals surface area contributed by atoms with E-state index in [0.717, 1.165) is 0 Å². The number of hydrogen-bond acceptors (Lipinski definition) is 2. The van der Waals surface area contributed by atoms with Crippen molar-refractivity contribution in [1.29, 1.82) is 0 Å². The van der Waals surface area contributed by atoms with Crippen LogP contribution in [0.2, 0.25) is 0 Å². The molecule has 0 aliphatic carbocycles. The van der Waals surface area contributed by atoms with Crippen molar-refractivity contribution >= 4 is 21.9 Å². The first-order valence-electron chi connectivity index (χ1n) is 5.18. The Morgan fingerprint density at radius 2 is 2.28 bits per heavy atom. The monoisotopic (exact) mass is 312 g/mol. The van der Waals surface area contributed by atoms with Gasteiger partial charge >= 0.3 is 5.97 Å². The van der Waals surface area contributed by atoms with Crippen molar-refractivity contribution in [2.45, 2.75) is 13.5 Å². The summed E-state index contributed by atoms with van der Waals surface area (Å²) in [5.41, 5.74) is 1.00. The predicted molar refractivity (Wildman–Crippen MR) is 67.1 cm³/mol. The predicted octanol–water partition coefficient (Wildman–Crippen LogP) is 2.84. The van der Waals surface area contributed by atoms with Crippen LogP contribution in [-0.2, 0) is 6.54 Å². The Kier molecular flexibility index (Phi) is 3.47. The average molecular weight is 313 g/mol. The Morgan fingerprint density at radius 1 is 1.56 bits per heavy atom. The van der Waals surface area contributed by atoms with Crippen molar-refractivity contribution < 1.29 is 14.3 Å². The number of nitrogens with zero attached hydrogens (tertiary/aromatic N) is 2. The van der Waals surface area contributed by atoms with Crippen LogP contribution in [-0.4, -0.2) is 20.9 Å². The van der Waals surface area contributed by atoms with Gasteiger partial charge in [-0.15, -0.1) is 0 Å². The van der Waals surface area contributed by atoms with E-state index >= 15 is 0 Å². The Hall–Kier alpha value is -1.69. The zero-order valence-corrected chi connectivity index (χ0v) is 11.1. The molecule has 2 rings (SSSR count). The molecular weight excluding hydrogens is 303 g/mol. The van der Waals surface area contributed by atoms with Gasteiger partial charge in [0.25, 0.3) is 0 Å². The largest absolute Gasteiger partial charge is 0.478 e. The molecule has 0 spiro atoms. The maximum atomic E-state index is 13.6.